The van der Waals surface area contributed by atoms with E-state index in [4.69, 9.17) is 11.6 Å². The highest BCUT2D eigenvalue weighted by Gasteiger charge is 2.07. The molecule has 2 aromatic carbocycles. The SMILES string of the molecule is Cc1cc(Cl)ccc1NC(=O)CSCc1nc2ccccc2s1. The third kappa shape index (κ3) is 4.25. The zero-order valence-corrected chi connectivity index (χ0v) is 14.9. The molecule has 1 N–H and O–H groups in total. The molecule has 0 aliphatic carbocycles. The Labute approximate surface area is 148 Å². The largest absolute Gasteiger partial charge is 0.325 e. The van der Waals surface area contributed by atoms with Gasteiger partial charge in [-0.25, -0.2) is 4.98 Å². The Hall–Kier alpha value is -1.56. The van der Waals surface area contributed by atoms with Crippen LogP contribution in [0.3, 0.4) is 0 Å². The third-order valence-corrected chi connectivity index (χ3v) is 5.66. The summed E-state index contributed by atoms with van der Waals surface area (Å²) in [5.41, 5.74) is 2.79. The van der Waals surface area contributed by atoms with Crippen LogP contribution in [0.4, 0.5) is 5.69 Å². The molecule has 6 heteroatoms. The first-order valence-electron chi connectivity index (χ1n) is 7.10. The summed E-state index contributed by atoms with van der Waals surface area (Å²) < 4.78 is 1.18. The zero-order chi connectivity index (χ0) is 16.2. The summed E-state index contributed by atoms with van der Waals surface area (Å²) in [6.45, 7) is 1.93. The molecular formula is C17H15ClN2OS2. The maximum Gasteiger partial charge on any atom is 0.234 e. The van der Waals surface area contributed by atoms with Crippen molar-refractivity contribution in [3.63, 3.8) is 0 Å². The first-order chi connectivity index (χ1) is 11.1. The average molecular weight is 363 g/mol. The van der Waals surface area contributed by atoms with Crippen molar-refractivity contribution in [3.05, 3.63) is 58.1 Å². The molecular weight excluding hydrogens is 348 g/mol. The number of thioether (sulfide) groups is 1. The first kappa shape index (κ1) is 16.3. The van der Waals surface area contributed by atoms with Crippen molar-refractivity contribution in [1.29, 1.82) is 0 Å². The monoisotopic (exact) mass is 362 g/mol. The van der Waals surface area contributed by atoms with E-state index < -0.39 is 0 Å². The van der Waals surface area contributed by atoms with Gasteiger partial charge in [0, 0.05) is 16.5 Å². The predicted molar refractivity (Wildman–Crippen MR) is 101 cm³/mol. The summed E-state index contributed by atoms with van der Waals surface area (Å²) in [6.07, 6.45) is 0. The minimum atomic E-state index is -0.0125. The number of carbonyl (C=O) groups excluding carboxylic acids is 1. The lowest BCUT2D eigenvalue weighted by Crippen LogP contribution is -2.14. The number of benzene rings is 2. The summed E-state index contributed by atoms with van der Waals surface area (Å²) >= 11 is 9.16. The third-order valence-electron chi connectivity index (χ3n) is 3.26. The molecule has 3 nitrogen and oxygen atoms in total. The topological polar surface area (TPSA) is 42.0 Å². The van der Waals surface area contributed by atoms with Gasteiger partial charge in [0.2, 0.25) is 5.91 Å². The van der Waals surface area contributed by atoms with Gasteiger partial charge in [0.05, 0.1) is 16.0 Å². The lowest BCUT2D eigenvalue weighted by Gasteiger charge is -2.08. The van der Waals surface area contributed by atoms with Gasteiger partial charge in [0.25, 0.3) is 0 Å². The molecule has 0 saturated heterocycles. The van der Waals surface area contributed by atoms with Crippen molar-refractivity contribution in [3.8, 4) is 0 Å². The maximum atomic E-state index is 12.0. The van der Waals surface area contributed by atoms with Crippen LogP contribution in [0.2, 0.25) is 5.02 Å². The predicted octanol–water partition coefficient (Wildman–Crippen LogP) is 5.13. The molecule has 0 saturated carbocycles. The van der Waals surface area contributed by atoms with Crippen molar-refractivity contribution in [1.82, 2.24) is 4.98 Å². The first-order valence-corrected chi connectivity index (χ1v) is 9.45. The summed E-state index contributed by atoms with van der Waals surface area (Å²) in [5.74, 6) is 1.13. The van der Waals surface area contributed by atoms with Gasteiger partial charge < -0.3 is 5.32 Å². The summed E-state index contributed by atoms with van der Waals surface area (Å²) in [7, 11) is 0. The van der Waals surface area contributed by atoms with E-state index in [0.717, 1.165) is 27.5 Å². The van der Waals surface area contributed by atoms with Crippen LogP contribution in [0.5, 0.6) is 0 Å². The number of thiazole rings is 1. The van der Waals surface area contributed by atoms with Gasteiger partial charge in [-0.2, -0.15) is 0 Å². The van der Waals surface area contributed by atoms with Gasteiger partial charge in [-0.15, -0.1) is 23.1 Å². The Morgan fingerprint density at radius 2 is 2.13 bits per heavy atom. The minimum absolute atomic E-state index is 0.0125. The van der Waals surface area contributed by atoms with E-state index in [2.05, 4.69) is 16.4 Å². The molecule has 0 unspecified atom stereocenters. The van der Waals surface area contributed by atoms with Gasteiger partial charge in [-0.05, 0) is 42.8 Å². The lowest BCUT2D eigenvalue weighted by atomic mass is 10.2. The number of hydrogen-bond acceptors (Lipinski definition) is 4. The highest BCUT2D eigenvalue weighted by Crippen LogP contribution is 2.25. The molecule has 1 amide bonds. The Morgan fingerprint density at radius 1 is 1.30 bits per heavy atom. The van der Waals surface area contributed by atoms with E-state index in [1.54, 1.807) is 29.2 Å². The highest BCUT2D eigenvalue weighted by molar-refractivity contribution is 7.99. The number of nitrogens with zero attached hydrogens (tertiary/aromatic N) is 1. The van der Waals surface area contributed by atoms with Gasteiger partial charge in [0.15, 0.2) is 0 Å². The number of aryl methyl sites for hydroxylation is 1. The molecule has 0 aliphatic heterocycles. The number of nitrogens with one attached hydrogen (secondary N) is 1. The van der Waals surface area contributed by atoms with Gasteiger partial charge in [-0.1, -0.05) is 23.7 Å². The van der Waals surface area contributed by atoms with Gasteiger partial charge >= 0.3 is 0 Å². The molecule has 3 rings (SSSR count). The van der Waals surface area contributed by atoms with Crippen LogP contribution < -0.4 is 5.32 Å². The van der Waals surface area contributed by atoms with E-state index >= 15 is 0 Å². The minimum Gasteiger partial charge on any atom is -0.325 e. The van der Waals surface area contributed by atoms with Crippen LogP contribution in [0.15, 0.2) is 42.5 Å². The van der Waals surface area contributed by atoms with Gasteiger partial charge in [-0.3, -0.25) is 4.79 Å². The molecule has 0 aliphatic rings. The normalized spacial score (nSPS) is 10.9. The van der Waals surface area contributed by atoms with Crippen LogP contribution in [-0.4, -0.2) is 16.6 Å². The fourth-order valence-electron chi connectivity index (χ4n) is 2.17. The van der Waals surface area contributed by atoms with Crippen molar-refractivity contribution >= 4 is 56.5 Å². The smallest absolute Gasteiger partial charge is 0.234 e. The van der Waals surface area contributed by atoms with Crippen LogP contribution in [0.25, 0.3) is 10.2 Å². The number of hydrogen-bond donors (Lipinski definition) is 1. The summed E-state index contributed by atoms with van der Waals surface area (Å²) in [4.78, 5) is 16.6. The number of halogens is 1. The maximum absolute atomic E-state index is 12.0. The molecule has 0 radical (unpaired) electrons. The number of para-hydroxylation sites is 1. The molecule has 0 fully saturated rings. The number of amides is 1. The Kier molecular flexibility index (Phi) is 5.20. The van der Waals surface area contributed by atoms with Crippen molar-refractivity contribution in [2.45, 2.75) is 12.7 Å². The van der Waals surface area contributed by atoms with Crippen molar-refractivity contribution in [2.24, 2.45) is 0 Å². The molecule has 23 heavy (non-hydrogen) atoms. The Balaban J connectivity index is 1.52. The van der Waals surface area contributed by atoms with Crippen molar-refractivity contribution < 1.29 is 4.79 Å². The highest BCUT2D eigenvalue weighted by atomic mass is 35.5. The Morgan fingerprint density at radius 3 is 2.91 bits per heavy atom. The van der Waals surface area contributed by atoms with Crippen molar-refractivity contribution in [2.75, 3.05) is 11.1 Å². The Bertz CT molecular complexity index is 814. The molecule has 118 valence electrons. The average Bonchev–Trinajstić information content (AvgIpc) is 2.93. The summed E-state index contributed by atoms with van der Waals surface area (Å²) in [5, 5.41) is 4.63. The number of carbonyl (C=O) groups is 1. The van der Waals surface area contributed by atoms with E-state index in [9.17, 15) is 4.79 Å². The van der Waals surface area contributed by atoms with Gasteiger partial charge in [0.1, 0.15) is 5.01 Å². The van der Waals surface area contributed by atoms with Crippen LogP contribution in [-0.2, 0) is 10.5 Å². The standard InChI is InChI=1S/C17H15ClN2OS2/c1-11-8-12(18)6-7-13(11)19-16(21)9-22-10-17-20-14-4-2-3-5-15(14)23-17/h2-8H,9-10H2,1H3,(H,19,21). The van der Waals surface area contributed by atoms with Crippen LogP contribution >= 0.6 is 34.7 Å². The van der Waals surface area contributed by atoms with Crippen LogP contribution in [0, 0.1) is 6.92 Å². The second-order valence-electron chi connectivity index (χ2n) is 5.08. The number of rotatable bonds is 5. The van der Waals surface area contributed by atoms with E-state index in [0.29, 0.717) is 10.8 Å². The molecule has 1 aromatic heterocycles. The summed E-state index contributed by atoms with van der Waals surface area (Å²) in [6, 6.07) is 13.5. The van der Waals surface area contributed by atoms with Crippen LogP contribution in [0.1, 0.15) is 10.6 Å². The fraction of sp³-hybridized carbons (Fsp3) is 0.176. The van der Waals surface area contributed by atoms with E-state index in [1.165, 1.54) is 4.70 Å². The van der Waals surface area contributed by atoms with E-state index in [1.807, 2.05) is 37.3 Å². The molecule has 0 atom stereocenters. The quantitative estimate of drug-likeness (QED) is 0.684. The fourth-order valence-corrected chi connectivity index (χ4v) is 4.24. The number of aromatic nitrogens is 1. The molecule has 0 spiro atoms. The number of anilines is 1. The molecule has 3 aromatic rings. The lowest BCUT2D eigenvalue weighted by molar-refractivity contribution is -0.113. The molecule has 1 heterocycles. The number of fused-ring (bicyclic) bond motifs is 1. The van der Waals surface area contributed by atoms with E-state index in [-0.39, 0.29) is 5.91 Å². The molecule has 0 bridgehead atoms. The second kappa shape index (κ2) is 7.34. The second-order valence-corrected chi connectivity index (χ2v) is 7.61. The zero-order valence-electron chi connectivity index (χ0n) is 12.5.